The second kappa shape index (κ2) is 5.38. The number of pyridine rings is 1. The maximum atomic E-state index is 4.48. The van der Waals surface area contributed by atoms with Crippen molar-refractivity contribution in [3.05, 3.63) is 71.4 Å². The van der Waals surface area contributed by atoms with Crippen LogP contribution in [0.25, 0.3) is 10.9 Å². The lowest BCUT2D eigenvalue weighted by atomic mass is 9.70. The molecule has 1 fully saturated rings. The van der Waals surface area contributed by atoms with E-state index < -0.39 is 0 Å². The number of aromatic nitrogens is 1. The van der Waals surface area contributed by atoms with Gasteiger partial charge in [-0.2, -0.15) is 0 Å². The SMILES string of the molecule is Cc1cccc(C2(Nc3ccc4cccnc4c3)CCC2)c1C. The summed E-state index contributed by atoms with van der Waals surface area (Å²) in [6.07, 6.45) is 5.53. The Balaban J connectivity index is 1.73. The number of benzene rings is 2. The molecule has 1 aromatic heterocycles. The molecule has 23 heavy (non-hydrogen) atoms. The van der Waals surface area contributed by atoms with Crippen LogP contribution < -0.4 is 5.32 Å². The van der Waals surface area contributed by atoms with Crippen LogP contribution in [0.15, 0.2) is 54.7 Å². The first kappa shape index (κ1) is 14.3. The number of hydrogen-bond acceptors (Lipinski definition) is 2. The third-order valence-electron chi connectivity index (χ3n) is 5.32. The molecule has 1 aliphatic rings. The average molecular weight is 302 g/mol. The zero-order valence-electron chi connectivity index (χ0n) is 13.8. The summed E-state index contributed by atoms with van der Waals surface area (Å²) in [7, 11) is 0. The monoisotopic (exact) mass is 302 g/mol. The Labute approximate surface area is 137 Å². The van der Waals surface area contributed by atoms with Crippen LogP contribution in [-0.2, 0) is 5.54 Å². The number of anilines is 1. The number of aryl methyl sites for hydroxylation is 1. The van der Waals surface area contributed by atoms with Gasteiger partial charge in [-0.1, -0.05) is 30.3 Å². The van der Waals surface area contributed by atoms with Crippen molar-refractivity contribution < 1.29 is 0 Å². The van der Waals surface area contributed by atoms with Crippen LogP contribution in [0.3, 0.4) is 0 Å². The van der Waals surface area contributed by atoms with Gasteiger partial charge in [0.25, 0.3) is 0 Å². The van der Waals surface area contributed by atoms with Gasteiger partial charge in [0.05, 0.1) is 11.1 Å². The zero-order valence-corrected chi connectivity index (χ0v) is 13.8. The zero-order chi connectivity index (χ0) is 15.9. The molecule has 0 atom stereocenters. The molecule has 1 heterocycles. The fraction of sp³-hybridized carbons (Fsp3) is 0.286. The van der Waals surface area contributed by atoms with Crippen molar-refractivity contribution >= 4 is 16.6 Å². The smallest absolute Gasteiger partial charge is 0.0722 e. The maximum absolute atomic E-state index is 4.48. The van der Waals surface area contributed by atoms with Gasteiger partial charge in [0.15, 0.2) is 0 Å². The highest BCUT2D eigenvalue weighted by molar-refractivity contribution is 5.82. The fourth-order valence-electron chi connectivity index (χ4n) is 3.68. The molecule has 116 valence electrons. The number of hydrogen-bond donors (Lipinski definition) is 1. The van der Waals surface area contributed by atoms with E-state index in [9.17, 15) is 0 Å². The fourth-order valence-corrected chi connectivity index (χ4v) is 3.68. The van der Waals surface area contributed by atoms with Crippen molar-refractivity contribution in [1.29, 1.82) is 0 Å². The average Bonchev–Trinajstić information content (AvgIpc) is 2.54. The van der Waals surface area contributed by atoms with Gasteiger partial charge < -0.3 is 5.32 Å². The molecule has 2 heteroatoms. The number of nitrogens with zero attached hydrogens (tertiary/aromatic N) is 1. The van der Waals surface area contributed by atoms with E-state index in [1.54, 1.807) is 0 Å². The Morgan fingerprint density at radius 1 is 1.00 bits per heavy atom. The Hall–Kier alpha value is -2.35. The molecule has 1 aliphatic carbocycles. The highest BCUT2D eigenvalue weighted by Crippen LogP contribution is 2.45. The number of nitrogens with one attached hydrogen (secondary N) is 1. The second-order valence-corrected chi connectivity index (χ2v) is 6.72. The normalized spacial score (nSPS) is 16.1. The van der Waals surface area contributed by atoms with Gasteiger partial charge in [-0.3, -0.25) is 4.98 Å². The second-order valence-electron chi connectivity index (χ2n) is 6.72. The minimum atomic E-state index is 0.0819. The highest BCUT2D eigenvalue weighted by Gasteiger charge is 2.39. The Kier molecular flexibility index (Phi) is 3.33. The molecule has 3 aromatic rings. The van der Waals surface area contributed by atoms with E-state index in [2.05, 4.69) is 66.6 Å². The first-order chi connectivity index (χ1) is 11.2. The summed E-state index contributed by atoms with van der Waals surface area (Å²) in [5.74, 6) is 0. The molecule has 0 unspecified atom stereocenters. The van der Waals surface area contributed by atoms with Crippen LogP contribution in [0.4, 0.5) is 5.69 Å². The Morgan fingerprint density at radius 2 is 1.87 bits per heavy atom. The highest BCUT2D eigenvalue weighted by atomic mass is 15.0. The summed E-state index contributed by atoms with van der Waals surface area (Å²) in [4.78, 5) is 4.48. The lowest BCUT2D eigenvalue weighted by molar-refractivity contribution is 0.283. The minimum absolute atomic E-state index is 0.0819. The van der Waals surface area contributed by atoms with E-state index >= 15 is 0 Å². The molecule has 0 aliphatic heterocycles. The third kappa shape index (κ3) is 2.39. The molecule has 0 saturated heterocycles. The summed E-state index contributed by atoms with van der Waals surface area (Å²) >= 11 is 0. The van der Waals surface area contributed by atoms with Gasteiger partial charge in [-0.25, -0.2) is 0 Å². The maximum Gasteiger partial charge on any atom is 0.0722 e. The summed E-state index contributed by atoms with van der Waals surface area (Å²) in [6, 6.07) is 17.3. The molecule has 0 radical (unpaired) electrons. The topological polar surface area (TPSA) is 24.9 Å². The predicted octanol–water partition coefficient (Wildman–Crippen LogP) is 5.34. The van der Waals surface area contributed by atoms with Crippen LogP contribution >= 0.6 is 0 Å². The number of rotatable bonds is 3. The van der Waals surface area contributed by atoms with Crippen molar-refractivity contribution in [3.8, 4) is 0 Å². The summed E-state index contributed by atoms with van der Waals surface area (Å²) < 4.78 is 0. The van der Waals surface area contributed by atoms with Crippen LogP contribution in [0, 0.1) is 13.8 Å². The van der Waals surface area contributed by atoms with E-state index in [0.717, 1.165) is 11.2 Å². The Bertz CT molecular complexity index is 863. The molecular formula is C21H22N2. The van der Waals surface area contributed by atoms with Gasteiger partial charge in [-0.15, -0.1) is 0 Å². The van der Waals surface area contributed by atoms with Crippen molar-refractivity contribution in [2.75, 3.05) is 5.32 Å². The molecule has 2 nitrogen and oxygen atoms in total. The molecule has 0 spiro atoms. The van der Waals surface area contributed by atoms with Gasteiger partial charge in [0.1, 0.15) is 0 Å². The summed E-state index contributed by atoms with van der Waals surface area (Å²) in [5.41, 5.74) is 6.53. The first-order valence-electron chi connectivity index (χ1n) is 8.38. The Morgan fingerprint density at radius 3 is 2.65 bits per heavy atom. The van der Waals surface area contributed by atoms with Gasteiger partial charge in [0, 0.05) is 17.3 Å². The van der Waals surface area contributed by atoms with Crippen molar-refractivity contribution in [2.45, 2.75) is 38.6 Å². The largest absolute Gasteiger partial charge is 0.375 e. The molecule has 0 bridgehead atoms. The summed E-state index contributed by atoms with van der Waals surface area (Å²) in [5, 5.41) is 5.02. The molecule has 2 aromatic carbocycles. The molecule has 4 rings (SSSR count). The van der Waals surface area contributed by atoms with E-state index in [1.165, 1.54) is 41.3 Å². The summed E-state index contributed by atoms with van der Waals surface area (Å²) in [6.45, 7) is 4.44. The predicted molar refractivity (Wildman–Crippen MR) is 96.8 cm³/mol. The molecule has 1 N–H and O–H groups in total. The standard InChI is InChI=1S/C21H22N2/c1-15-6-3-8-19(16(15)2)21(11-5-12-21)23-18-10-9-17-7-4-13-22-20(17)14-18/h3-4,6-10,13-14,23H,5,11-12H2,1-2H3. The number of fused-ring (bicyclic) bond motifs is 1. The van der Waals surface area contributed by atoms with E-state index in [-0.39, 0.29) is 5.54 Å². The van der Waals surface area contributed by atoms with Crippen molar-refractivity contribution in [3.63, 3.8) is 0 Å². The van der Waals surface area contributed by atoms with Crippen LogP contribution in [-0.4, -0.2) is 4.98 Å². The van der Waals surface area contributed by atoms with Gasteiger partial charge >= 0.3 is 0 Å². The van der Waals surface area contributed by atoms with E-state index in [4.69, 9.17) is 0 Å². The van der Waals surface area contributed by atoms with Crippen molar-refractivity contribution in [2.24, 2.45) is 0 Å². The molecular weight excluding hydrogens is 280 g/mol. The lowest BCUT2D eigenvalue weighted by Crippen LogP contribution is -2.42. The van der Waals surface area contributed by atoms with Crippen LogP contribution in [0.1, 0.15) is 36.0 Å². The van der Waals surface area contributed by atoms with Crippen molar-refractivity contribution in [1.82, 2.24) is 4.98 Å². The quantitative estimate of drug-likeness (QED) is 0.706. The minimum Gasteiger partial charge on any atom is -0.375 e. The molecule has 1 saturated carbocycles. The van der Waals surface area contributed by atoms with Gasteiger partial charge in [0.2, 0.25) is 0 Å². The van der Waals surface area contributed by atoms with Crippen LogP contribution in [0.5, 0.6) is 0 Å². The third-order valence-corrected chi connectivity index (χ3v) is 5.32. The van der Waals surface area contributed by atoms with Crippen LogP contribution in [0.2, 0.25) is 0 Å². The first-order valence-corrected chi connectivity index (χ1v) is 8.38. The lowest BCUT2D eigenvalue weighted by Gasteiger charge is -2.45. The molecule has 0 amide bonds. The van der Waals surface area contributed by atoms with E-state index in [1.807, 2.05) is 12.3 Å². The van der Waals surface area contributed by atoms with E-state index in [0.29, 0.717) is 0 Å². The van der Waals surface area contributed by atoms with Gasteiger partial charge in [-0.05, 0) is 68.0 Å².